The fourth-order valence-corrected chi connectivity index (χ4v) is 5.49. The molecule has 1 fully saturated rings. The third kappa shape index (κ3) is 8.20. The zero-order valence-corrected chi connectivity index (χ0v) is 26.3. The fraction of sp³-hybridized carbons (Fsp3) is 0.324. The molecule has 226 valence electrons. The molecule has 1 aliphatic heterocycles. The van der Waals surface area contributed by atoms with E-state index in [0.29, 0.717) is 28.6 Å². The monoisotopic (exact) mass is 602 g/mol. The zero-order valence-electron chi connectivity index (χ0n) is 25.5. The molecule has 0 spiro atoms. The van der Waals surface area contributed by atoms with Gasteiger partial charge in [-0.25, -0.2) is 0 Å². The number of benzene rings is 3. The SMILES string of the molecule is CCOc1cc(/C=C2\SC(=O)N(CCOc3cc(C)ccc3C(C)C)C2=O)ccc1OCC(=O)Nc1ccc(C)cc1C. The van der Waals surface area contributed by atoms with E-state index >= 15 is 0 Å². The van der Waals surface area contributed by atoms with Gasteiger partial charge in [-0.15, -0.1) is 0 Å². The Morgan fingerprint density at radius 2 is 1.65 bits per heavy atom. The largest absolute Gasteiger partial charge is 0.491 e. The highest BCUT2D eigenvalue weighted by Gasteiger charge is 2.35. The van der Waals surface area contributed by atoms with Crippen LogP contribution in [0.4, 0.5) is 10.5 Å². The number of nitrogens with zero attached hydrogens (tertiary/aromatic N) is 1. The number of anilines is 1. The smallest absolute Gasteiger partial charge is 0.293 e. The molecule has 1 N–H and O–H groups in total. The van der Waals surface area contributed by atoms with Gasteiger partial charge in [-0.1, -0.05) is 49.7 Å². The predicted octanol–water partition coefficient (Wildman–Crippen LogP) is 7.27. The lowest BCUT2D eigenvalue weighted by atomic mass is 10.0. The minimum Gasteiger partial charge on any atom is -0.491 e. The van der Waals surface area contributed by atoms with Crippen LogP contribution in [-0.2, 0) is 9.59 Å². The maximum Gasteiger partial charge on any atom is 0.293 e. The molecule has 0 atom stereocenters. The first kappa shape index (κ1) is 31.7. The lowest BCUT2D eigenvalue weighted by Crippen LogP contribution is -2.32. The summed E-state index contributed by atoms with van der Waals surface area (Å²) in [5, 5.41) is 2.53. The van der Waals surface area contributed by atoms with E-state index in [4.69, 9.17) is 14.2 Å². The minimum absolute atomic E-state index is 0.147. The van der Waals surface area contributed by atoms with Gasteiger partial charge < -0.3 is 19.5 Å². The van der Waals surface area contributed by atoms with Crippen LogP contribution >= 0.6 is 11.8 Å². The van der Waals surface area contributed by atoms with Crippen molar-refractivity contribution in [3.05, 3.63) is 87.3 Å². The van der Waals surface area contributed by atoms with Gasteiger partial charge in [-0.05, 0) is 98.0 Å². The van der Waals surface area contributed by atoms with Gasteiger partial charge in [0.1, 0.15) is 12.4 Å². The Morgan fingerprint density at radius 1 is 0.907 bits per heavy atom. The lowest BCUT2D eigenvalue weighted by molar-refractivity contribution is -0.123. The molecule has 0 aliphatic carbocycles. The highest BCUT2D eigenvalue weighted by molar-refractivity contribution is 8.18. The summed E-state index contributed by atoms with van der Waals surface area (Å²) < 4.78 is 17.5. The van der Waals surface area contributed by atoms with E-state index in [0.717, 1.165) is 45.5 Å². The summed E-state index contributed by atoms with van der Waals surface area (Å²) in [7, 11) is 0. The van der Waals surface area contributed by atoms with Crippen molar-refractivity contribution in [2.45, 2.75) is 47.5 Å². The van der Waals surface area contributed by atoms with Crippen molar-refractivity contribution in [1.82, 2.24) is 4.90 Å². The van der Waals surface area contributed by atoms with Gasteiger partial charge in [0.25, 0.3) is 17.1 Å². The molecule has 43 heavy (non-hydrogen) atoms. The molecule has 0 bridgehead atoms. The number of aryl methyl sites for hydroxylation is 3. The Kier molecular flexibility index (Phi) is 10.5. The number of rotatable bonds is 12. The minimum atomic E-state index is -0.367. The summed E-state index contributed by atoms with van der Waals surface area (Å²) in [6.45, 7) is 12.5. The number of carbonyl (C=O) groups excluding carboxylic acids is 3. The molecule has 1 saturated heterocycles. The molecule has 4 rings (SSSR count). The van der Waals surface area contributed by atoms with Crippen molar-refractivity contribution in [1.29, 1.82) is 0 Å². The molecule has 1 heterocycles. The van der Waals surface area contributed by atoms with Crippen LogP contribution in [0.25, 0.3) is 6.08 Å². The molecule has 9 heteroatoms. The molecule has 0 unspecified atom stereocenters. The van der Waals surface area contributed by atoms with Gasteiger partial charge in [-0.2, -0.15) is 0 Å². The molecule has 3 aromatic carbocycles. The molecule has 3 aromatic rings. The number of hydrogen-bond donors (Lipinski definition) is 1. The van der Waals surface area contributed by atoms with Crippen LogP contribution in [0.1, 0.15) is 54.5 Å². The van der Waals surface area contributed by atoms with Gasteiger partial charge in [0.15, 0.2) is 18.1 Å². The van der Waals surface area contributed by atoms with E-state index in [-0.39, 0.29) is 42.7 Å². The van der Waals surface area contributed by atoms with Gasteiger partial charge in [-0.3, -0.25) is 19.3 Å². The fourth-order valence-electron chi connectivity index (χ4n) is 4.62. The standard InChI is InChI=1S/C34H38N2O6S/c1-7-40-30-18-25(10-13-28(30)42-20-32(37)35-27-12-9-22(4)16-24(27)6)19-31-33(38)36(34(39)43-31)14-15-41-29-17-23(5)8-11-26(29)21(2)3/h8-13,16-19,21H,7,14-15,20H2,1-6H3,(H,35,37)/b31-19-. The maximum atomic E-state index is 13.1. The van der Waals surface area contributed by atoms with Crippen LogP contribution < -0.4 is 19.5 Å². The summed E-state index contributed by atoms with van der Waals surface area (Å²) in [6.07, 6.45) is 1.66. The second kappa shape index (κ2) is 14.3. The summed E-state index contributed by atoms with van der Waals surface area (Å²) in [4.78, 5) is 39.8. The Labute approximate surface area is 257 Å². The molecule has 1 aliphatic rings. The van der Waals surface area contributed by atoms with E-state index in [1.165, 1.54) is 4.90 Å². The normalized spacial score (nSPS) is 14.0. The quantitative estimate of drug-likeness (QED) is 0.218. The molecular formula is C34H38N2O6S. The number of amides is 3. The number of imide groups is 1. The van der Waals surface area contributed by atoms with Crippen molar-refractivity contribution in [3.63, 3.8) is 0 Å². The van der Waals surface area contributed by atoms with Crippen LogP contribution in [0, 0.1) is 20.8 Å². The third-order valence-electron chi connectivity index (χ3n) is 6.82. The second-order valence-electron chi connectivity index (χ2n) is 10.7. The Hall–Kier alpha value is -4.24. The molecular weight excluding hydrogens is 564 g/mol. The molecule has 0 radical (unpaired) electrons. The lowest BCUT2D eigenvalue weighted by Gasteiger charge is -2.17. The van der Waals surface area contributed by atoms with Crippen molar-refractivity contribution in [3.8, 4) is 17.2 Å². The first-order valence-corrected chi connectivity index (χ1v) is 15.1. The Morgan fingerprint density at radius 3 is 2.37 bits per heavy atom. The van der Waals surface area contributed by atoms with Gasteiger partial charge >= 0.3 is 0 Å². The first-order valence-electron chi connectivity index (χ1n) is 14.3. The number of nitrogens with one attached hydrogen (secondary N) is 1. The first-order chi connectivity index (χ1) is 20.5. The van der Waals surface area contributed by atoms with E-state index in [1.54, 1.807) is 24.3 Å². The van der Waals surface area contributed by atoms with Crippen molar-refractivity contribution in [2.75, 3.05) is 31.7 Å². The van der Waals surface area contributed by atoms with Crippen molar-refractivity contribution >= 4 is 40.6 Å². The van der Waals surface area contributed by atoms with Crippen LogP contribution in [0.2, 0.25) is 0 Å². The molecule has 0 saturated carbocycles. The third-order valence-corrected chi connectivity index (χ3v) is 7.72. The van der Waals surface area contributed by atoms with E-state index in [2.05, 4.69) is 19.2 Å². The van der Waals surface area contributed by atoms with E-state index < -0.39 is 0 Å². The van der Waals surface area contributed by atoms with E-state index in [9.17, 15) is 14.4 Å². The highest BCUT2D eigenvalue weighted by Crippen LogP contribution is 2.35. The van der Waals surface area contributed by atoms with Gasteiger partial charge in [0, 0.05) is 5.69 Å². The molecule has 3 amide bonds. The number of thioether (sulfide) groups is 1. The number of ether oxygens (including phenoxy) is 3. The van der Waals surface area contributed by atoms with Crippen LogP contribution in [-0.4, -0.2) is 48.3 Å². The summed E-state index contributed by atoms with van der Waals surface area (Å²) in [6, 6.07) is 17.0. The van der Waals surface area contributed by atoms with Crippen molar-refractivity contribution in [2.24, 2.45) is 0 Å². The predicted molar refractivity (Wildman–Crippen MR) is 171 cm³/mol. The van der Waals surface area contributed by atoms with Crippen LogP contribution in [0.3, 0.4) is 0 Å². The topological polar surface area (TPSA) is 94.2 Å². The maximum absolute atomic E-state index is 13.1. The summed E-state index contributed by atoms with van der Waals surface area (Å²) >= 11 is 0.892. The average Bonchev–Trinajstić information content (AvgIpc) is 3.21. The summed E-state index contributed by atoms with van der Waals surface area (Å²) in [5.41, 5.74) is 5.65. The average molecular weight is 603 g/mol. The molecule has 8 nitrogen and oxygen atoms in total. The Bertz CT molecular complexity index is 1550. The van der Waals surface area contributed by atoms with Gasteiger partial charge in [0.05, 0.1) is 18.1 Å². The van der Waals surface area contributed by atoms with Crippen LogP contribution in [0.5, 0.6) is 17.2 Å². The highest BCUT2D eigenvalue weighted by atomic mass is 32.2. The number of carbonyl (C=O) groups is 3. The van der Waals surface area contributed by atoms with Crippen molar-refractivity contribution < 1.29 is 28.6 Å². The number of hydrogen-bond acceptors (Lipinski definition) is 7. The van der Waals surface area contributed by atoms with Gasteiger partial charge in [0.2, 0.25) is 0 Å². The van der Waals surface area contributed by atoms with Crippen LogP contribution in [0.15, 0.2) is 59.5 Å². The summed E-state index contributed by atoms with van der Waals surface area (Å²) in [5.74, 6) is 1.23. The van der Waals surface area contributed by atoms with E-state index in [1.807, 2.05) is 64.1 Å². The zero-order chi connectivity index (χ0) is 31.1. The second-order valence-corrected chi connectivity index (χ2v) is 11.7. The Balaban J connectivity index is 1.39. The molecule has 0 aromatic heterocycles.